The van der Waals surface area contributed by atoms with Crippen molar-refractivity contribution in [1.29, 1.82) is 0 Å². The first-order valence-corrected chi connectivity index (χ1v) is 7.06. The van der Waals surface area contributed by atoms with Gasteiger partial charge in [0.25, 0.3) is 0 Å². The van der Waals surface area contributed by atoms with Gasteiger partial charge in [-0.1, -0.05) is 13.3 Å². The lowest BCUT2D eigenvalue weighted by atomic mass is 10.3. The summed E-state index contributed by atoms with van der Waals surface area (Å²) in [6.07, 6.45) is 3.81. The van der Waals surface area contributed by atoms with E-state index in [4.69, 9.17) is 5.11 Å². The normalized spacial score (nSPS) is 14.1. The van der Waals surface area contributed by atoms with Crippen molar-refractivity contribution in [2.75, 3.05) is 19.6 Å². The third-order valence-electron chi connectivity index (χ3n) is 3.09. The molecule has 20 heavy (non-hydrogen) atoms. The fraction of sp³-hybridized carbons (Fsp3) is 0.769. The Labute approximate surface area is 118 Å². The van der Waals surface area contributed by atoms with Gasteiger partial charge in [-0.3, -0.25) is 19.8 Å². The van der Waals surface area contributed by atoms with Crippen LogP contribution in [0.15, 0.2) is 0 Å². The zero-order chi connectivity index (χ0) is 15.0. The number of unbranched alkanes of at least 4 members (excludes halogenated alkanes) is 1. The van der Waals surface area contributed by atoms with Gasteiger partial charge >= 0.3 is 12.0 Å². The fourth-order valence-corrected chi connectivity index (χ4v) is 1.84. The number of rotatable bonds is 9. The molecule has 0 spiro atoms. The van der Waals surface area contributed by atoms with Gasteiger partial charge in [-0.15, -0.1) is 0 Å². The number of carboxylic acids is 1. The zero-order valence-corrected chi connectivity index (χ0v) is 11.9. The van der Waals surface area contributed by atoms with Gasteiger partial charge in [0.2, 0.25) is 5.91 Å². The highest BCUT2D eigenvalue weighted by molar-refractivity contribution is 5.95. The molecule has 0 aromatic carbocycles. The van der Waals surface area contributed by atoms with E-state index in [0.717, 1.165) is 25.7 Å². The Morgan fingerprint density at radius 1 is 1.30 bits per heavy atom. The van der Waals surface area contributed by atoms with E-state index in [1.165, 1.54) is 0 Å². The van der Waals surface area contributed by atoms with E-state index in [2.05, 4.69) is 10.6 Å². The molecule has 0 aromatic heterocycles. The Hall–Kier alpha value is -1.63. The van der Waals surface area contributed by atoms with E-state index < -0.39 is 17.9 Å². The van der Waals surface area contributed by atoms with Crippen LogP contribution in [0.2, 0.25) is 0 Å². The highest BCUT2D eigenvalue weighted by atomic mass is 16.4. The highest BCUT2D eigenvalue weighted by Gasteiger charge is 2.30. The Kier molecular flexibility index (Phi) is 7.00. The minimum atomic E-state index is -0.881. The van der Waals surface area contributed by atoms with Crippen LogP contribution in [-0.4, -0.2) is 53.6 Å². The molecule has 7 heteroatoms. The van der Waals surface area contributed by atoms with Crippen molar-refractivity contribution < 1.29 is 19.5 Å². The first-order valence-electron chi connectivity index (χ1n) is 7.06. The Morgan fingerprint density at radius 2 is 2.00 bits per heavy atom. The number of nitrogens with zero attached hydrogens (tertiary/aromatic N) is 1. The highest BCUT2D eigenvalue weighted by Crippen LogP contribution is 2.26. The second-order valence-corrected chi connectivity index (χ2v) is 5.00. The minimum absolute atomic E-state index is 0.00643. The largest absolute Gasteiger partial charge is 0.481 e. The summed E-state index contributed by atoms with van der Waals surface area (Å²) in [7, 11) is 0. The van der Waals surface area contributed by atoms with Crippen LogP contribution in [-0.2, 0) is 9.59 Å². The average Bonchev–Trinajstić information content (AvgIpc) is 3.18. The molecule has 0 unspecified atom stereocenters. The molecule has 1 aliphatic rings. The molecule has 0 saturated heterocycles. The molecule has 1 saturated carbocycles. The fourth-order valence-electron chi connectivity index (χ4n) is 1.84. The van der Waals surface area contributed by atoms with Gasteiger partial charge in [0.1, 0.15) is 0 Å². The Balaban J connectivity index is 2.27. The number of carbonyl (C=O) groups excluding carboxylic acids is 2. The number of carboxylic acid groups (broad SMARTS) is 1. The van der Waals surface area contributed by atoms with Gasteiger partial charge in [-0.05, 0) is 19.3 Å². The van der Waals surface area contributed by atoms with E-state index >= 15 is 0 Å². The lowest BCUT2D eigenvalue weighted by Gasteiger charge is -2.20. The SMILES string of the molecule is CCCCNC(=O)NC(=O)CN(CCC(=O)O)C1CC1. The smallest absolute Gasteiger partial charge is 0.321 e. The standard InChI is InChI=1S/C13H23N3O4/c1-2-3-7-14-13(20)15-11(17)9-16(10-4-5-10)8-6-12(18)19/h10H,2-9H2,1H3,(H,18,19)(H2,14,15,17,20). The summed E-state index contributed by atoms with van der Waals surface area (Å²) in [5.74, 6) is -1.27. The maximum atomic E-state index is 11.7. The summed E-state index contributed by atoms with van der Waals surface area (Å²) in [5.41, 5.74) is 0. The number of urea groups is 1. The van der Waals surface area contributed by atoms with Crippen LogP contribution >= 0.6 is 0 Å². The second-order valence-electron chi connectivity index (χ2n) is 5.00. The predicted molar refractivity (Wildman–Crippen MR) is 73.3 cm³/mol. The molecule has 7 nitrogen and oxygen atoms in total. The molecule has 3 N–H and O–H groups in total. The van der Waals surface area contributed by atoms with E-state index in [0.29, 0.717) is 13.1 Å². The van der Waals surface area contributed by atoms with Crippen molar-refractivity contribution in [2.24, 2.45) is 0 Å². The molecule has 0 atom stereocenters. The number of hydrogen-bond donors (Lipinski definition) is 3. The van der Waals surface area contributed by atoms with Gasteiger partial charge in [0, 0.05) is 19.1 Å². The zero-order valence-electron chi connectivity index (χ0n) is 11.9. The van der Waals surface area contributed by atoms with Crippen molar-refractivity contribution in [3.63, 3.8) is 0 Å². The minimum Gasteiger partial charge on any atom is -0.481 e. The summed E-state index contributed by atoms with van der Waals surface area (Å²) in [6, 6.07) is -0.208. The Bertz CT molecular complexity index is 356. The van der Waals surface area contributed by atoms with Crippen LogP contribution in [0.4, 0.5) is 4.79 Å². The van der Waals surface area contributed by atoms with Crippen LogP contribution in [0.5, 0.6) is 0 Å². The number of imide groups is 1. The number of carbonyl (C=O) groups is 3. The molecule has 1 aliphatic carbocycles. The van der Waals surface area contributed by atoms with Crippen molar-refractivity contribution >= 4 is 17.9 Å². The van der Waals surface area contributed by atoms with E-state index in [1.807, 2.05) is 11.8 Å². The molecule has 1 fully saturated rings. The van der Waals surface area contributed by atoms with Crippen molar-refractivity contribution in [2.45, 2.75) is 45.1 Å². The number of amides is 3. The van der Waals surface area contributed by atoms with Crippen LogP contribution in [0.25, 0.3) is 0 Å². The lowest BCUT2D eigenvalue weighted by Crippen LogP contribution is -2.45. The average molecular weight is 285 g/mol. The molecule has 0 bridgehead atoms. The number of nitrogens with one attached hydrogen (secondary N) is 2. The summed E-state index contributed by atoms with van der Waals surface area (Å²) >= 11 is 0. The molecule has 114 valence electrons. The summed E-state index contributed by atoms with van der Waals surface area (Å²) in [5, 5.41) is 13.5. The Morgan fingerprint density at radius 3 is 2.55 bits per heavy atom. The topological polar surface area (TPSA) is 98.7 Å². The van der Waals surface area contributed by atoms with Crippen LogP contribution in [0.1, 0.15) is 39.0 Å². The van der Waals surface area contributed by atoms with E-state index in [1.54, 1.807) is 0 Å². The lowest BCUT2D eigenvalue weighted by molar-refractivity contribution is -0.137. The van der Waals surface area contributed by atoms with Crippen molar-refractivity contribution in [1.82, 2.24) is 15.5 Å². The van der Waals surface area contributed by atoms with E-state index in [-0.39, 0.29) is 19.0 Å². The molecule has 3 amide bonds. The molecular weight excluding hydrogens is 262 g/mol. The third kappa shape index (κ3) is 7.08. The van der Waals surface area contributed by atoms with Gasteiger partial charge in [-0.25, -0.2) is 4.79 Å². The van der Waals surface area contributed by atoms with Gasteiger partial charge in [-0.2, -0.15) is 0 Å². The quantitative estimate of drug-likeness (QED) is 0.537. The summed E-state index contributed by atoms with van der Waals surface area (Å²) in [6.45, 7) is 2.96. The van der Waals surface area contributed by atoms with Gasteiger partial charge in [0.05, 0.1) is 13.0 Å². The monoisotopic (exact) mass is 285 g/mol. The van der Waals surface area contributed by atoms with Crippen LogP contribution in [0.3, 0.4) is 0 Å². The molecule has 0 heterocycles. The molecule has 1 rings (SSSR count). The maximum absolute atomic E-state index is 11.7. The molecule has 0 aromatic rings. The van der Waals surface area contributed by atoms with E-state index in [9.17, 15) is 14.4 Å². The van der Waals surface area contributed by atoms with Gasteiger partial charge < -0.3 is 10.4 Å². The second kappa shape index (κ2) is 8.52. The van der Waals surface area contributed by atoms with Crippen LogP contribution < -0.4 is 10.6 Å². The number of aliphatic carboxylic acids is 1. The maximum Gasteiger partial charge on any atom is 0.321 e. The van der Waals surface area contributed by atoms with Crippen molar-refractivity contribution in [3.8, 4) is 0 Å². The summed E-state index contributed by atoms with van der Waals surface area (Å²) in [4.78, 5) is 35.5. The predicted octanol–water partition coefficient (Wildman–Crippen LogP) is 0.551. The first-order chi connectivity index (χ1) is 9.52. The first kappa shape index (κ1) is 16.4. The third-order valence-corrected chi connectivity index (χ3v) is 3.09. The van der Waals surface area contributed by atoms with Gasteiger partial charge in [0.15, 0.2) is 0 Å². The number of hydrogen-bond acceptors (Lipinski definition) is 4. The molecular formula is C13H23N3O4. The van der Waals surface area contributed by atoms with Crippen LogP contribution in [0, 0.1) is 0 Å². The van der Waals surface area contributed by atoms with Crippen molar-refractivity contribution in [3.05, 3.63) is 0 Å². The molecule has 0 aliphatic heterocycles. The molecule has 0 radical (unpaired) electrons. The summed E-state index contributed by atoms with van der Waals surface area (Å²) < 4.78 is 0.